The molecule has 168 valence electrons. The highest BCUT2D eigenvalue weighted by molar-refractivity contribution is 5.92. The third-order valence-corrected chi connectivity index (χ3v) is 5.01. The van der Waals surface area contributed by atoms with Crippen molar-refractivity contribution in [1.82, 2.24) is 15.5 Å². The molecule has 1 heterocycles. The minimum atomic E-state index is -1.35. The van der Waals surface area contributed by atoms with E-state index in [0.29, 0.717) is 11.1 Å². The topological polar surface area (TPSA) is 119 Å². The fourth-order valence-electron chi connectivity index (χ4n) is 3.40. The second-order valence-electron chi connectivity index (χ2n) is 8.62. The number of hydrogen-bond acceptors (Lipinski definition) is 4. The highest BCUT2D eigenvalue weighted by Crippen LogP contribution is 2.26. The van der Waals surface area contributed by atoms with E-state index in [1.54, 1.807) is 33.8 Å². The van der Waals surface area contributed by atoms with Crippen LogP contribution in [0.5, 0.6) is 0 Å². The molecule has 31 heavy (non-hydrogen) atoms. The van der Waals surface area contributed by atoms with Gasteiger partial charge in [-0.1, -0.05) is 32.6 Å². The van der Waals surface area contributed by atoms with E-state index in [9.17, 15) is 23.9 Å². The molecule has 0 aliphatic carbocycles. The lowest BCUT2D eigenvalue weighted by Gasteiger charge is -2.34. The summed E-state index contributed by atoms with van der Waals surface area (Å²) < 4.78 is 13.2. The van der Waals surface area contributed by atoms with Crippen LogP contribution in [-0.2, 0) is 9.59 Å². The van der Waals surface area contributed by atoms with E-state index >= 15 is 0 Å². The SMILES string of the molecule is Cc1cc(F)ccc1C#CCNC(=O)[C@@H]1C[C@@H](O)CN1C(=O)[C@@H](NC(=O)O)C(C)(C)C. The molecule has 0 aromatic heterocycles. The first-order chi connectivity index (χ1) is 14.4. The third-order valence-electron chi connectivity index (χ3n) is 5.01. The Labute approximate surface area is 180 Å². The van der Waals surface area contributed by atoms with Crippen LogP contribution in [0.3, 0.4) is 0 Å². The number of aliphatic hydroxyl groups excluding tert-OH is 1. The molecule has 1 fully saturated rings. The minimum Gasteiger partial charge on any atom is -0.465 e. The summed E-state index contributed by atoms with van der Waals surface area (Å²) >= 11 is 0. The van der Waals surface area contributed by atoms with Gasteiger partial charge < -0.3 is 25.7 Å². The maximum atomic E-state index is 13.2. The van der Waals surface area contributed by atoms with Crippen molar-refractivity contribution in [2.75, 3.05) is 13.1 Å². The lowest BCUT2D eigenvalue weighted by atomic mass is 9.85. The van der Waals surface area contributed by atoms with Crippen LogP contribution in [0, 0.1) is 30.0 Å². The Morgan fingerprint density at radius 3 is 2.58 bits per heavy atom. The van der Waals surface area contributed by atoms with Gasteiger partial charge in [-0.2, -0.15) is 0 Å². The number of carbonyl (C=O) groups excluding carboxylic acids is 2. The third kappa shape index (κ3) is 6.43. The van der Waals surface area contributed by atoms with Gasteiger partial charge in [-0.05, 0) is 36.1 Å². The minimum absolute atomic E-state index is 0.000348. The summed E-state index contributed by atoms with van der Waals surface area (Å²) in [6.45, 7) is 6.79. The van der Waals surface area contributed by atoms with Crippen LogP contribution in [-0.4, -0.2) is 64.3 Å². The van der Waals surface area contributed by atoms with Crippen LogP contribution in [0.2, 0.25) is 0 Å². The normalized spacial score (nSPS) is 19.2. The maximum Gasteiger partial charge on any atom is 0.405 e. The van der Waals surface area contributed by atoms with E-state index in [0.717, 1.165) is 0 Å². The highest BCUT2D eigenvalue weighted by atomic mass is 19.1. The van der Waals surface area contributed by atoms with Crippen molar-refractivity contribution >= 4 is 17.9 Å². The Morgan fingerprint density at radius 1 is 1.32 bits per heavy atom. The number of nitrogens with one attached hydrogen (secondary N) is 2. The Bertz CT molecular complexity index is 916. The van der Waals surface area contributed by atoms with Crippen molar-refractivity contribution in [3.63, 3.8) is 0 Å². The van der Waals surface area contributed by atoms with Gasteiger partial charge in [0.1, 0.15) is 17.9 Å². The van der Waals surface area contributed by atoms with E-state index in [1.807, 2.05) is 0 Å². The number of amides is 3. The van der Waals surface area contributed by atoms with E-state index in [4.69, 9.17) is 5.11 Å². The number of β-amino-alcohol motifs (C(OH)–C–C–N with tert-alkyl or cyclic N) is 1. The van der Waals surface area contributed by atoms with Crippen molar-refractivity contribution in [2.24, 2.45) is 5.41 Å². The van der Waals surface area contributed by atoms with Gasteiger partial charge in [0.15, 0.2) is 0 Å². The largest absolute Gasteiger partial charge is 0.465 e. The zero-order chi connectivity index (χ0) is 23.3. The standard InChI is InChI=1S/C22H28FN3O5/c1-13-10-15(23)8-7-14(13)6-5-9-24-19(28)17-11-16(27)12-26(17)20(29)18(22(2,3)4)25-21(30)31/h7-8,10,16-18,25,27H,9,11-12H2,1-4H3,(H,24,28)(H,30,31)/t16-,17+,18-/m1/s1. The Balaban J connectivity index is 2.08. The fraction of sp³-hybridized carbons (Fsp3) is 0.500. The summed E-state index contributed by atoms with van der Waals surface area (Å²) in [6.07, 6.45) is -2.19. The number of rotatable bonds is 4. The molecule has 0 spiro atoms. The molecule has 1 aliphatic heterocycles. The number of benzene rings is 1. The Kier molecular flexibility index (Phi) is 7.63. The quantitative estimate of drug-likeness (QED) is 0.533. The second kappa shape index (κ2) is 9.79. The lowest BCUT2D eigenvalue weighted by Crippen LogP contribution is -2.57. The number of likely N-dealkylation sites (tertiary alicyclic amines) is 1. The molecule has 1 aromatic rings. The van der Waals surface area contributed by atoms with Crippen molar-refractivity contribution < 1.29 is 29.0 Å². The van der Waals surface area contributed by atoms with Crippen LogP contribution in [0.1, 0.15) is 38.3 Å². The molecular weight excluding hydrogens is 405 g/mol. The molecule has 0 radical (unpaired) electrons. The fourth-order valence-corrected chi connectivity index (χ4v) is 3.40. The van der Waals surface area contributed by atoms with E-state index in [1.165, 1.54) is 17.0 Å². The summed E-state index contributed by atoms with van der Waals surface area (Å²) in [4.78, 5) is 38.0. The lowest BCUT2D eigenvalue weighted by molar-refractivity contribution is -0.142. The summed E-state index contributed by atoms with van der Waals surface area (Å²) in [5.74, 6) is 4.22. The van der Waals surface area contributed by atoms with E-state index < -0.39 is 41.5 Å². The molecule has 1 aromatic carbocycles. The first kappa shape index (κ1) is 24.2. The first-order valence-electron chi connectivity index (χ1n) is 9.91. The van der Waals surface area contributed by atoms with Crippen molar-refractivity contribution in [3.8, 4) is 11.8 Å². The highest BCUT2D eigenvalue weighted by Gasteiger charge is 2.44. The molecule has 2 rings (SSSR count). The predicted molar refractivity (Wildman–Crippen MR) is 112 cm³/mol. The number of hydrogen-bond donors (Lipinski definition) is 4. The van der Waals surface area contributed by atoms with Gasteiger partial charge in [0.25, 0.3) is 0 Å². The molecule has 8 nitrogen and oxygen atoms in total. The Hall–Kier alpha value is -3.12. The van der Waals surface area contributed by atoms with Gasteiger partial charge in [0.05, 0.1) is 12.6 Å². The molecule has 0 unspecified atom stereocenters. The molecule has 3 amide bonds. The van der Waals surface area contributed by atoms with Crippen molar-refractivity contribution in [1.29, 1.82) is 0 Å². The summed E-state index contributed by atoms with van der Waals surface area (Å²) in [5.41, 5.74) is 0.577. The zero-order valence-electron chi connectivity index (χ0n) is 18.0. The summed E-state index contributed by atoms with van der Waals surface area (Å²) in [5, 5.41) is 24.0. The smallest absolute Gasteiger partial charge is 0.405 e. The molecule has 1 saturated heterocycles. The van der Waals surface area contributed by atoms with Gasteiger partial charge in [0, 0.05) is 18.5 Å². The number of aliphatic hydroxyl groups is 1. The van der Waals surface area contributed by atoms with Crippen LogP contribution in [0.25, 0.3) is 0 Å². The van der Waals surface area contributed by atoms with Gasteiger partial charge in [-0.3, -0.25) is 9.59 Å². The molecule has 0 saturated carbocycles. The molecule has 0 bridgehead atoms. The summed E-state index contributed by atoms with van der Waals surface area (Å²) in [7, 11) is 0. The van der Waals surface area contributed by atoms with Gasteiger partial charge in [0.2, 0.25) is 11.8 Å². The van der Waals surface area contributed by atoms with Gasteiger partial charge in [-0.15, -0.1) is 0 Å². The van der Waals surface area contributed by atoms with Gasteiger partial charge >= 0.3 is 6.09 Å². The Morgan fingerprint density at radius 2 is 2.00 bits per heavy atom. The van der Waals surface area contributed by atoms with E-state index in [2.05, 4.69) is 22.5 Å². The number of nitrogens with zero attached hydrogens (tertiary/aromatic N) is 1. The van der Waals surface area contributed by atoms with Crippen LogP contribution in [0.4, 0.5) is 9.18 Å². The first-order valence-corrected chi connectivity index (χ1v) is 9.91. The molecule has 4 N–H and O–H groups in total. The van der Waals surface area contributed by atoms with E-state index in [-0.39, 0.29) is 25.3 Å². The van der Waals surface area contributed by atoms with Crippen LogP contribution in [0.15, 0.2) is 18.2 Å². The molecule has 1 aliphatic rings. The number of aryl methyl sites for hydroxylation is 1. The monoisotopic (exact) mass is 433 g/mol. The average Bonchev–Trinajstić information content (AvgIpc) is 3.05. The van der Waals surface area contributed by atoms with Gasteiger partial charge in [-0.25, -0.2) is 9.18 Å². The number of halogens is 1. The number of carboxylic acid groups (broad SMARTS) is 1. The second-order valence-corrected chi connectivity index (χ2v) is 8.62. The maximum absolute atomic E-state index is 13.2. The molecule has 3 atom stereocenters. The summed E-state index contributed by atoms with van der Waals surface area (Å²) in [6, 6.07) is 2.21. The number of carbonyl (C=O) groups is 3. The molecular formula is C22H28FN3O5. The average molecular weight is 433 g/mol. The van der Waals surface area contributed by atoms with Crippen LogP contribution < -0.4 is 10.6 Å². The predicted octanol–water partition coefficient (Wildman–Crippen LogP) is 1.25. The van der Waals surface area contributed by atoms with Crippen molar-refractivity contribution in [3.05, 3.63) is 35.1 Å². The molecule has 9 heteroatoms. The van der Waals surface area contributed by atoms with Crippen LogP contribution >= 0.6 is 0 Å². The van der Waals surface area contributed by atoms with Crippen molar-refractivity contribution in [2.45, 2.75) is 52.3 Å². The zero-order valence-corrected chi connectivity index (χ0v) is 18.0.